The number of rotatable bonds is 3. The first-order valence-electron chi connectivity index (χ1n) is 13.5. The van der Waals surface area contributed by atoms with Crippen molar-refractivity contribution in [1.82, 2.24) is 20.9 Å². The molecule has 0 aromatic heterocycles. The van der Waals surface area contributed by atoms with Crippen LogP contribution in [-0.4, -0.2) is 67.5 Å². The zero-order chi connectivity index (χ0) is 27.9. The van der Waals surface area contributed by atoms with E-state index >= 15 is 0 Å². The largest absolute Gasteiger partial charge is 0.492 e. The normalized spacial score (nSPS) is 24.1. The van der Waals surface area contributed by atoms with Gasteiger partial charge in [-0.25, -0.2) is 0 Å². The van der Waals surface area contributed by atoms with Crippen LogP contribution >= 0.6 is 34.2 Å². The highest BCUT2D eigenvalue weighted by molar-refractivity contribution is 14.1. The van der Waals surface area contributed by atoms with Gasteiger partial charge in [0, 0.05) is 35.2 Å². The standard InChI is InChI=1S/C29H36ClIN4O4/c1-18-27(36)34-24(16-19-5-10-22(30)11-6-19)28(37)33-13-3-4-20-9-12-23(31)17-25(20)39-15-14-32-26(21-7-8-21)29(38)35(18)2/h5-6,9-12,17-18,21,24,26,32H,3-4,7-8,13-16H2,1-2H3,(H,33,37)(H,34,36)/t18-,24-,26+/m1/s1. The summed E-state index contributed by atoms with van der Waals surface area (Å²) in [5, 5.41) is 9.86. The van der Waals surface area contributed by atoms with Gasteiger partial charge in [0.25, 0.3) is 0 Å². The van der Waals surface area contributed by atoms with E-state index in [1.165, 1.54) is 4.90 Å². The quantitative estimate of drug-likeness (QED) is 0.437. The Balaban J connectivity index is 1.55. The number of nitrogens with one attached hydrogen (secondary N) is 3. The molecule has 3 amide bonds. The number of likely N-dealkylation sites (N-methyl/N-ethyl adjacent to an activating group) is 1. The zero-order valence-corrected chi connectivity index (χ0v) is 25.3. The van der Waals surface area contributed by atoms with Crippen molar-refractivity contribution in [2.75, 3.05) is 26.7 Å². The van der Waals surface area contributed by atoms with Crippen LogP contribution in [0.5, 0.6) is 5.75 Å². The summed E-state index contributed by atoms with van der Waals surface area (Å²) in [5.74, 6) is 0.302. The number of hydrogen-bond acceptors (Lipinski definition) is 5. The SMILES string of the molecule is C[C@@H]1C(=O)N[C@H](Cc2ccc(Cl)cc2)C(=O)NCCCc2ccc(I)cc2OCCN[C@@H](C2CC2)C(=O)N1C. The number of carbonyl (C=O) groups excluding carboxylic acids is 3. The Kier molecular flexibility index (Phi) is 10.5. The van der Waals surface area contributed by atoms with E-state index in [1.54, 1.807) is 26.1 Å². The Bertz CT molecular complexity index is 1170. The minimum atomic E-state index is -0.793. The average Bonchev–Trinajstić information content (AvgIpc) is 3.76. The van der Waals surface area contributed by atoms with Crippen molar-refractivity contribution in [3.63, 3.8) is 0 Å². The summed E-state index contributed by atoms with van der Waals surface area (Å²) >= 11 is 8.30. The van der Waals surface area contributed by atoms with Crippen molar-refractivity contribution in [2.45, 2.75) is 57.2 Å². The Hall–Kier alpha value is -2.37. The van der Waals surface area contributed by atoms with E-state index in [0.717, 1.165) is 46.1 Å². The van der Waals surface area contributed by atoms with Gasteiger partial charge >= 0.3 is 0 Å². The van der Waals surface area contributed by atoms with Gasteiger partial charge in [-0.15, -0.1) is 0 Å². The lowest BCUT2D eigenvalue weighted by molar-refractivity contribution is -0.141. The molecule has 1 aliphatic carbocycles. The summed E-state index contributed by atoms with van der Waals surface area (Å²) in [6, 6.07) is 11.4. The van der Waals surface area contributed by atoms with Crippen LogP contribution in [0.4, 0.5) is 0 Å². The number of hydrogen-bond donors (Lipinski definition) is 3. The molecule has 2 aromatic carbocycles. The fourth-order valence-electron chi connectivity index (χ4n) is 4.69. The number of ether oxygens (including phenoxy) is 1. The highest BCUT2D eigenvalue weighted by atomic mass is 127. The summed E-state index contributed by atoms with van der Waals surface area (Å²) < 4.78 is 7.20. The fourth-order valence-corrected chi connectivity index (χ4v) is 5.28. The molecule has 10 heteroatoms. The minimum Gasteiger partial charge on any atom is -0.492 e. The van der Waals surface area contributed by atoms with Crippen LogP contribution in [0.1, 0.15) is 37.3 Å². The molecule has 39 heavy (non-hydrogen) atoms. The maximum absolute atomic E-state index is 13.4. The van der Waals surface area contributed by atoms with Gasteiger partial charge in [0.2, 0.25) is 17.7 Å². The molecule has 0 radical (unpaired) electrons. The van der Waals surface area contributed by atoms with Gasteiger partial charge in [-0.1, -0.05) is 29.8 Å². The molecule has 2 aliphatic rings. The van der Waals surface area contributed by atoms with E-state index in [1.807, 2.05) is 24.3 Å². The second-order valence-corrected chi connectivity index (χ2v) is 12.0. The smallest absolute Gasteiger partial charge is 0.243 e. The van der Waals surface area contributed by atoms with Gasteiger partial charge in [-0.3, -0.25) is 14.4 Å². The highest BCUT2D eigenvalue weighted by Gasteiger charge is 2.39. The number of halogens is 2. The molecule has 1 aliphatic heterocycles. The van der Waals surface area contributed by atoms with Crippen LogP contribution in [0, 0.1) is 9.49 Å². The molecule has 3 N–H and O–H groups in total. The summed E-state index contributed by atoms with van der Waals surface area (Å²) in [4.78, 5) is 41.4. The van der Waals surface area contributed by atoms with E-state index in [-0.39, 0.29) is 29.7 Å². The molecule has 0 saturated heterocycles. The first kappa shape index (κ1) is 29.6. The zero-order valence-electron chi connectivity index (χ0n) is 22.3. The summed E-state index contributed by atoms with van der Waals surface area (Å²) in [7, 11) is 1.64. The minimum absolute atomic E-state index is 0.130. The number of carbonyl (C=O) groups is 3. The van der Waals surface area contributed by atoms with Gasteiger partial charge < -0.3 is 25.6 Å². The fraction of sp³-hybridized carbons (Fsp3) is 0.483. The number of benzene rings is 2. The third kappa shape index (κ3) is 8.31. The molecule has 4 rings (SSSR count). The van der Waals surface area contributed by atoms with Crippen molar-refractivity contribution in [2.24, 2.45) is 5.92 Å². The predicted molar refractivity (Wildman–Crippen MR) is 160 cm³/mol. The molecule has 0 spiro atoms. The number of nitrogens with zero attached hydrogens (tertiary/aromatic N) is 1. The molecule has 1 fully saturated rings. The van der Waals surface area contributed by atoms with Crippen LogP contribution in [0.3, 0.4) is 0 Å². The molecule has 0 bridgehead atoms. The molecule has 2 aromatic rings. The summed E-state index contributed by atoms with van der Waals surface area (Å²) in [6.07, 6.45) is 3.71. The van der Waals surface area contributed by atoms with Gasteiger partial charge in [0.05, 0.1) is 6.04 Å². The number of fused-ring (bicyclic) bond motifs is 1. The highest BCUT2D eigenvalue weighted by Crippen LogP contribution is 2.33. The molecule has 0 unspecified atom stereocenters. The molecule has 1 heterocycles. The van der Waals surface area contributed by atoms with E-state index in [0.29, 0.717) is 31.1 Å². The van der Waals surface area contributed by atoms with Crippen molar-refractivity contribution < 1.29 is 19.1 Å². The molecular weight excluding hydrogens is 631 g/mol. The van der Waals surface area contributed by atoms with Crippen molar-refractivity contribution >= 4 is 51.9 Å². The lowest BCUT2D eigenvalue weighted by Gasteiger charge is -2.30. The monoisotopic (exact) mass is 666 g/mol. The topological polar surface area (TPSA) is 99.8 Å². The Morgan fingerprint density at radius 2 is 1.79 bits per heavy atom. The van der Waals surface area contributed by atoms with Crippen LogP contribution < -0.4 is 20.7 Å². The van der Waals surface area contributed by atoms with Crippen molar-refractivity contribution in [3.8, 4) is 5.75 Å². The molecule has 1 saturated carbocycles. The van der Waals surface area contributed by atoms with Crippen molar-refractivity contribution in [3.05, 3.63) is 62.2 Å². The predicted octanol–water partition coefficient (Wildman–Crippen LogP) is 3.33. The molecular formula is C29H36ClIN4O4. The van der Waals surface area contributed by atoms with E-state index in [9.17, 15) is 14.4 Å². The van der Waals surface area contributed by atoms with Gasteiger partial charge in [-0.2, -0.15) is 0 Å². The van der Waals surface area contributed by atoms with E-state index in [4.69, 9.17) is 16.3 Å². The molecule has 3 atom stereocenters. The van der Waals surface area contributed by atoms with Crippen LogP contribution in [0.25, 0.3) is 0 Å². The van der Waals surface area contributed by atoms with Gasteiger partial charge in [-0.05, 0) is 96.5 Å². The first-order valence-corrected chi connectivity index (χ1v) is 14.9. The van der Waals surface area contributed by atoms with Crippen LogP contribution in [0.15, 0.2) is 42.5 Å². The van der Waals surface area contributed by atoms with Crippen molar-refractivity contribution in [1.29, 1.82) is 0 Å². The lowest BCUT2D eigenvalue weighted by atomic mass is 10.0. The molecule has 210 valence electrons. The average molecular weight is 667 g/mol. The third-order valence-electron chi connectivity index (χ3n) is 7.33. The maximum atomic E-state index is 13.4. The van der Waals surface area contributed by atoms with E-state index in [2.05, 4.69) is 44.6 Å². The summed E-state index contributed by atoms with van der Waals surface area (Å²) in [5.41, 5.74) is 1.94. The summed E-state index contributed by atoms with van der Waals surface area (Å²) in [6.45, 7) is 3.09. The Morgan fingerprint density at radius 1 is 1.05 bits per heavy atom. The molecule has 8 nitrogen and oxygen atoms in total. The first-order chi connectivity index (χ1) is 18.7. The second-order valence-electron chi connectivity index (χ2n) is 10.3. The Morgan fingerprint density at radius 3 is 2.51 bits per heavy atom. The maximum Gasteiger partial charge on any atom is 0.243 e. The third-order valence-corrected chi connectivity index (χ3v) is 8.25. The van der Waals surface area contributed by atoms with Gasteiger partial charge in [0.15, 0.2) is 0 Å². The number of aryl methyl sites for hydroxylation is 1. The van der Waals surface area contributed by atoms with Crippen LogP contribution in [-0.2, 0) is 27.2 Å². The second kappa shape index (κ2) is 13.8. The van der Waals surface area contributed by atoms with Crippen LogP contribution in [0.2, 0.25) is 5.02 Å². The lowest BCUT2D eigenvalue weighted by Crippen LogP contribution is -2.56. The van der Waals surface area contributed by atoms with E-state index < -0.39 is 12.1 Å². The van der Waals surface area contributed by atoms with Gasteiger partial charge in [0.1, 0.15) is 24.4 Å². The number of amides is 3. The Labute approximate surface area is 248 Å².